The van der Waals surface area contributed by atoms with Crippen molar-refractivity contribution in [3.8, 4) is 0 Å². The summed E-state index contributed by atoms with van der Waals surface area (Å²) in [4.78, 5) is 19.2. The molecular weight excluding hydrogens is 398 g/mol. The highest BCUT2D eigenvalue weighted by atomic mass is 79.9. The smallest absolute Gasteiger partial charge is 0.353 e. The molecule has 2 N–H and O–H groups in total. The minimum Gasteiger partial charge on any atom is -0.364 e. The molecule has 0 aliphatic heterocycles. The maximum Gasteiger partial charge on any atom is 0.353 e. The third kappa shape index (κ3) is 4.78. The second-order valence-corrected chi connectivity index (χ2v) is 7.01. The molecule has 0 radical (unpaired) electrons. The Morgan fingerprint density at radius 3 is 2.62 bits per heavy atom. The van der Waals surface area contributed by atoms with E-state index < -0.39 is 4.92 Å². The van der Waals surface area contributed by atoms with Crippen LogP contribution in [0.4, 0.5) is 23.0 Å². The van der Waals surface area contributed by atoms with Gasteiger partial charge in [-0.2, -0.15) is 0 Å². The van der Waals surface area contributed by atoms with E-state index in [4.69, 9.17) is 0 Å². The van der Waals surface area contributed by atoms with Crippen LogP contribution in [0.25, 0.3) is 0 Å². The van der Waals surface area contributed by atoms with E-state index in [-0.39, 0.29) is 17.3 Å². The van der Waals surface area contributed by atoms with Gasteiger partial charge in [-0.05, 0) is 56.4 Å². The van der Waals surface area contributed by atoms with E-state index in [1.807, 2.05) is 24.3 Å². The first-order valence-electron chi connectivity index (χ1n) is 8.57. The molecule has 7 nitrogen and oxygen atoms in total. The molecule has 0 saturated heterocycles. The van der Waals surface area contributed by atoms with Gasteiger partial charge in [0, 0.05) is 16.7 Å². The summed E-state index contributed by atoms with van der Waals surface area (Å²) in [5.74, 6) is 0.410. The van der Waals surface area contributed by atoms with Crippen LogP contribution in [-0.4, -0.2) is 21.4 Å². The molecule has 0 amide bonds. The quantitative estimate of drug-likeness (QED) is 0.365. The van der Waals surface area contributed by atoms with Gasteiger partial charge in [0.15, 0.2) is 0 Å². The normalized spacial score (nSPS) is 13.8. The van der Waals surface area contributed by atoms with E-state index in [9.17, 15) is 10.1 Å². The maximum absolute atomic E-state index is 11.6. The van der Waals surface area contributed by atoms with Gasteiger partial charge in [0.2, 0.25) is 11.6 Å². The summed E-state index contributed by atoms with van der Waals surface area (Å²) in [5, 5.41) is 17.7. The average Bonchev–Trinajstić information content (AvgIpc) is 2.64. The summed E-state index contributed by atoms with van der Waals surface area (Å²) in [6.45, 7) is 0.613. The Hall–Kier alpha value is -2.48. The van der Waals surface area contributed by atoms with E-state index in [0.717, 1.165) is 23.7 Å². The zero-order valence-corrected chi connectivity index (χ0v) is 15.8. The molecular formula is C18H20BrN5O2. The van der Waals surface area contributed by atoms with Gasteiger partial charge in [0.25, 0.3) is 0 Å². The Labute approximate surface area is 160 Å². The zero-order valence-electron chi connectivity index (χ0n) is 14.2. The fourth-order valence-corrected chi connectivity index (χ4v) is 3.18. The Balaban J connectivity index is 1.73. The van der Waals surface area contributed by atoms with Gasteiger partial charge in [0.05, 0.1) is 4.92 Å². The highest BCUT2D eigenvalue weighted by Gasteiger charge is 2.23. The zero-order chi connectivity index (χ0) is 18.4. The SMILES string of the molecule is O=[N+]([O-])c1c(NCCC2=CCCCC2)ncnc1Nc1ccc(Br)cc1. The lowest BCUT2D eigenvalue weighted by Crippen LogP contribution is -2.10. The molecule has 0 unspecified atom stereocenters. The summed E-state index contributed by atoms with van der Waals surface area (Å²) < 4.78 is 0.930. The number of aromatic nitrogens is 2. The summed E-state index contributed by atoms with van der Waals surface area (Å²) in [7, 11) is 0. The summed E-state index contributed by atoms with van der Waals surface area (Å²) in [6, 6.07) is 7.34. The fraction of sp³-hybridized carbons (Fsp3) is 0.333. The molecule has 0 spiro atoms. The number of halogens is 1. The Morgan fingerprint density at radius 1 is 1.15 bits per heavy atom. The number of allylic oxidation sites excluding steroid dienone is 1. The number of nitro groups is 1. The van der Waals surface area contributed by atoms with E-state index in [2.05, 4.69) is 42.6 Å². The highest BCUT2D eigenvalue weighted by Crippen LogP contribution is 2.31. The molecule has 1 aliphatic carbocycles. The minimum atomic E-state index is -0.455. The number of benzene rings is 1. The van der Waals surface area contributed by atoms with Crippen LogP contribution < -0.4 is 10.6 Å². The van der Waals surface area contributed by atoms with Gasteiger partial charge >= 0.3 is 5.69 Å². The van der Waals surface area contributed by atoms with Crippen molar-refractivity contribution in [2.45, 2.75) is 32.1 Å². The van der Waals surface area contributed by atoms with Crippen molar-refractivity contribution in [2.75, 3.05) is 17.2 Å². The predicted octanol–water partition coefficient (Wildman–Crippen LogP) is 5.19. The average molecular weight is 418 g/mol. The van der Waals surface area contributed by atoms with Crippen molar-refractivity contribution < 1.29 is 4.92 Å². The maximum atomic E-state index is 11.6. The molecule has 1 aromatic heterocycles. The number of nitrogens with one attached hydrogen (secondary N) is 2. The van der Waals surface area contributed by atoms with Crippen molar-refractivity contribution in [3.05, 3.63) is 56.8 Å². The molecule has 1 heterocycles. The number of rotatable bonds is 7. The number of anilines is 3. The van der Waals surface area contributed by atoms with Crippen molar-refractivity contribution in [3.63, 3.8) is 0 Å². The lowest BCUT2D eigenvalue weighted by molar-refractivity contribution is -0.383. The van der Waals surface area contributed by atoms with E-state index >= 15 is 0 Å². The lowest BCUT2D eigenvalue weighted by Gasteiger charge is -2.13. The van der Waals surface area contributed by atoms with E-state index in [1.54, 1.807) is 0 Å². The van der Waals surface area contributed by atoms with Crippen LogP contribution in [0.3, 0.4) is 0 Å². The fourth-order valence-electron chi connectivity index (χ4n) is 2.92. The Bertz CT molecular complexity index is 808. The van der Waals surface area contributed by atoms with Crippen LogP contribution in [0.1, 0.15) is 32.1 Å². The van der Waals surface area contributed by atoms with Crippen LogP contribution in [0.15, 0.2) is 46.7 Å². The molecule has 26 heavy (non-hydrogen) atoms. The molecule has 0 atom stereocenters. The highest BCUT2D eigenvalue weighted by molar-refractivity contribution is 9.10. The van der Waals surface area contributed by atoms with E-state index in [1.165, 1.54) is 24.7 Å². The molecule has 3 rings (SSSR count). The van der Waals surface area contributed by atoms with Crippen LogP contribution in [-0.2, 0) is 0 Å². The monoisotopic (exact) mass is 417 g/mol. The second kappa shape index (κ2) is 8.75. The molecule has 1 aliphatic rings. The molecule has 8 heteroatoms. The number of hydrogen-bond acceptors (Lipinski definition) is 6. The van der Waals surface area contributed by atoms with Gasteiger partial charge in [-0.1, -0.05) is 27.6 Å². The molecule has 0 bridgehead atoms. The van der Waals surface area contributed by atoms with Gasteiger partial charge in [-0.15, -0.1) is 0 Å². The van der Waals surface area contributed by atoms with Crippen LogP contribution in [0, 0.1) is 10.1 Å². The lowest BCUT2D eigenvalue weighted by atomic mass is 9.97. The van der Waals surface area contributed by atoms with Crippen molar-refractivity contribution in [1.29, 1.82) is 0 Å². The van der Waals surface area contributed by atoms with Crippen LogP contribution >= 0.6 is 15.9 Å². The summed E-state index contributed by atoms with van der Waals surface area (Å²) in [5.41, 5.74) is 1.98. The summed E-state index contributed by atoms with van der Waals surface area (Å²) >= 11 is 3.37. The van der Waals surface area contributed by atoms with E-state index in [0.29, 0.717) is 12.2 Å². The van der Waals surface area contributed by atoms with Crippen molar-refractivity contribution >= 4 is 38.9 Å². The van der Waals surface area contributed by atoms with Crippen LogP contribution in [0.2, 0.25) is 0 Å². The van der Waals surface area contributed by atoms with Gasteiger partial charge in [-0.25, -0.2) is 9.97 Å². The molecule has 2 aromatic rings. The number of hydrogen-bond donors (Lipinski definition) is 2. The van der Waals surface area contributed by atoms with Gasteiger partial charge in [0.1, 0.15) is 6.33 Å². The molecule has 0 saturated carbocycles. The Kier molecular flexibility index (Phi) is 6.17. The standard InChI is InChI=1S/C18H20BrN5O2/c19-14-6-8-15(9-7-14)23-18-16(24(25)26)17(21-12-22-18)20-11-10-13-4-2-1-3-5-13/h4,6-9,12H,1-3,5,10-11H2,(H2,20,21,22,23). The summed E-state index contributed by atoms with van der Waals surface area (Å²) in [6.07, 6.45) is 9.20. The third-order valence-corrected chi connectivity index (χ3v) is 4.76. The van der Waals surface area contributed by atoms with Gasteiger partial charge in [-0.3, -0.25) is 10.1 Å². The topological polar surface area (TPSA) is 93.0 Å². The van der Waals surface area contributed by atoms with Crippen LogP contribution in [0.5, 0.6) is 0 Å². The minimum absolute atomic E-state index is 0.145. The van der Waals surface area contributed by atoms with Crippen molar-refractivity contribution in [2.24, 2.45) is 0 Å². The molecule has 136 valence electrons. The Morgan fingerprint density at radius 2 is 1.92 bits per heavy atom. The molecule has 1 aromatic carbocycles. The largest absolute Gasteiger partial charge is 0.364 e. The first-order chi connectivity index (χ1) is 12.6. The second-order valence-electron chi connectivity index (χ2n) is 6.09. The third-order valence-electron chi connectivity index (χ3n) is 4.24. The predicted molar refractivity (Wildman–Crippen MR) is 106 cm³/mol. The first-order valence-corrected chi connectivity index (χ1v) is 9.36. The number of nitrogens with zero attached hydrogens (tertiary/aromatic N) is 3. The van der Waals surface area contributed by atoms with Crippen molar-refractivity contribution in [1.82, 2.24) is 9.97 Å². The first kappa shape index (κ1) is 18.3. The van der Waals surface area contributed by atoms with Gasteiger partial charge < -0.3 is 10.6 Å². The molecule has 0 fully saturated rings.